The van der Waals surface area contributed by atoms with Crippen molar-refractivity contribution in [2.24, 2.45) is 11.8 Å². The lowest BCUT2D eigenvalue weighted by atomic mass is 9.77. The van der Waals surface area contributed by atoms with Gasteiger partial charge in [0, 0.05) is 11.5 Å². The maximum atomic E-state index is 13.4. The van der Waals surface area contributed by atoms with Gasteiger partial charge in [-0.15, -0.1) is 0 Å². The number of carbonyl (C=O) groups excluding carboxylic acids is 2. The molecule has 0 saturated heterocycles. The van der Waals surface area contributed by atoms with Gasteiger partial charge >= 0.3 is 5.97 Å². The molecule has 2 atom stereocenters. The zero-order valence-corrected chi connectivity index (χ0v) is 17.5. The molecule has 0 fully saturated rings. The molecule has 2 aromatic rings. The SMILES string of the molecule is CCOC(=O)C(C(=O)c1ccccc1)C(CCc1ccc(C)cc1)C1=COCC=C1. The third-order valence-corrected chi connectivity index (χ3v) is 5.30. The highest BCUT2D eigenvalue weighted by Gasteiger charge is 2.38. The first kappa shape index (κ1) is 21.6. The monoisotopic (exact) mass is 404 g/mol. The summed E-state index contributed by atoms with van der Waals surface area (Å²) < 4.78 is 10.8. The Morgan fingerprint density at radius 1 is 1.07 bits per heavy atom. The molecule has 0 radical (unpaired) electrons. The molecule has 0 aliphatic carbocycles. The molecule has 2 unspecified atom stereocenters. The van der Waals surface area contributed by atoms with Crippen LogP contribution in [0.4, 0.5) is 0 Å². The second kappa shape index (κ2) is 10.6. The van der Waals surface area contributed by atoms with Gasteiger partial charge in [0.2, 0.25) is 0 Å². The molecule has 4 nitrogen and oxygen atoms in total. The third kappa shape index (κ3) is 5.47. The summed E-state index contributed by atoms with van der Waals surface area (Å²) >= 11 is 0. The number of ketones is 1. The number of hydrogen-bond donors (Lipinski definition) is 0. The number of hydrogen-bond acceptors (Lipinski definition) is 4. The minimum Gasteiger partial charge on any atom is -0.497 e. The summed E-state index contributed by atoms with van der Waals surface area (Å²) in [5, 5.41) is 0. The van der Waals surface area contributed by atoms with E-state index < -0.39 is 11.9 Å². The molecule has 0 bridgehead atoms. The largest absolute Gasteiger partial charge is 0.497 e. The van der Waals surface area contributed by atoms with Gasteiger partial charge in [0.1, 0.15) is 12.5 Å². The second-order valence-electron chi connectivity index (χ2n) is 7.44. The highest BCUT2D eigenvalue weighted by molar-refractivity contribution is 6.09. The minimum atomic E-state index is -0.921. The molecule has 1 aliphatic heterocycles. The maximum absolute atomic E-state index is 13.4. The van der Waals surface area contributed by atoms with E-state index in [1.165, 1.54) is 11.1 Å². The van der Waals surface area contributed by atoms with E-state index >= 15 is 0 Å². The van der Waals surface area contributed by atoms with E-state index in [0.717, 1.165) is 12.0 Å². The van der Waals surface area contributed by atoms with Crippen molar-refractivity contribution in [3.05, 3.63) is 95.3 Å². The summed E-state index contributed by atoms with van der Waals surface area (Å²) in [5.41, 5.74) is 3.72. The highest BCUT2D eigenvalue weighted by atomic mass is 16.5. The van der Waals surface area contributed by atoms with Crippen molar-refractivity contribution in [1.82, 2.24) is 0 Å². The van der Waals surface area contributed by atoms with Gasteiger partial charge in [-0.1, -0.05) is 66.2 Å². The van der Waals surface area contributed by atoms with Crippen molar-refractivity contribution in [1.29, 1.82) is 0 Å². The van der Waals surface area contributed by atoms with Gasteiger partial charge in [0.25, 0.3) is 0 Å². The van der Waals surface area contributed by atoms with Crippen LogP contribution in [-0.4, -0.2) is 25.0 Å². The molecule has 0 saturated carbocycles. The van der Waals surface area contributed by atoms with Crippen molar-refractivity contribution in [2.75, 3.05) is 13.2 Å². The standard InChI is InChI=1S/C26H28O4/c1-3-30-26(28)24(25(27)21-8-5-4-6-9-21)23(22-10-7-17-29-18-22)16-15-20-13-11-19(2)12-14-20/h4-14,18,23-24H,3,15-17H2,1-2H3. The molecule has 0 N–H and O–H groups in total. The topological polar surface area (TPSA) is 52.6 Å². The Balaban J connectivity index is 1.93. The van der Waals surface area contributed by atoms with Gasteiger partial charge in [-0.3, -0.25) is 9.59 Å². The van der Waals surface area contributed by atoms with Gasteiger partial charge in [0.15, 0.2) is 5.78 Å². The quantitative estimate of drug-likeness (QED) is 0.332. The summed E-state index contributed by atoms with van der Waals surface area (Å²) in [7, 11) is 0. The molecule has 0 amide bonds. The first-order valence-electron chi connectivity index (χ1n) is 10.4. The van der Waals surface area contributed by atoms with Crippen molar-refractivity contribution in [3.8, 4) is 0 Å². The predicted molar refractivity (Wildman–Crippen MR) is 117 cm³/mol. The Morgan fingerprint density at radius 2 is 1.80 bits per heavy atom. The van der Waals surface area contributed by atoms with Crippen LogP contribution < -0.4 is 0 Å². The van der Waals surface area contributed by atoms with Gasteiger partial charge in [0.05, 0.1) is 12.9 Å². The van der Waals surface area contributed by atoms with E-state index in [2.05, 4.69) is 31.2 Å². The number of carbonyl (C=O) groups is 2. The molecule has 3 rings (SSSR count). The number of rotatable bonds is 9. The normalized spacial score (nSPS) is 14.9. The van der Waals surface area contributed by atoms with Gasteiger partial charge in [-0.05, 0) is 43.9 Å². The predicted octanol–water partition coefficient (Wildman–Crippen LogP) is 5.08. The second-order valence-corrected chi connectivity index (χ2v) is 7.44. The summed E-state index contributed by atoms with van der Waals surface area (Å²) in [4.78, 5) is 26.4. The summed E-state index contributed by atoms with van der Waals surface area (Å²) in [6, 6.07) is 17.3. The fourth-order valence-electron chi connectivity index (χ4n) is 3.71. The van der Waals surface area contributed by atoms with Crippen LogP contribution in [0.25, 0.3) is 0 Å². The third-order valence-electron chi connectivity index (χ3n) is 5.30. The molecular formula is C26H28O4. The van der Waals surface area contributed by atoms with Gasteiger partial charge < -0.3 is 9.47 Å². The lowest BCUT2D eigenvalue weighted by molar-refractivity contribution is -0.147. The zero-order chi connectivity index (χ0) is 21.3. The fourth-order valence-corrected chi connectivity index (χ4v) is 3.71. The number of allylic oxidation sites excluding steroid dienone is 2. The Morgan fingerprint density at radius 3 is 2.43 bits per heavy atom. The first-order valence-corrected chi connectivity index (χ1v) is 10.4. The molecule has 30 heavy (non-hydrogen) atoms. The molecule has 1 heterocycles. The van der Waals surface area contributed by atoms with Crippen LogP contribution in [0.3, 0.4) is 0 Å². The Bertz CT molecular complexity index is 910. The van der Waals surface area contributed by atoms with Crippen molar-refractivity contribution >= 4 is 11.8 Å². The zero-order valence-electron chi connectivity index (χ0n) is 17.5. The molecule has 156 valence electrons. The molecule has 0 spiro atoms. The number of Topliss-reactive ketones (excluding diaryl/α,β-unsaturated/α-hetero) is 1. The van der Waals surface area contributed by atoms with Crippen LogP contribution >= 0.6 is 0 Å². The van der Waals surface area contributed by atoms with Crippen molar-refractivity contribution in [3.63, 3.8) is 0 Å². The number of aryl methyl sites for hydroxylation is 2. The number of ether oxygens (including phenoxy) is 2. The molecular weight excluding hydrogens is 376 g/mol. The van der Waals surface area contributed by atoms with Gasteiger partial charge in [-0.2, -0.15) is 0 Å². The molecule has 2 aromatic carbocycles. The first-order chi connectivity index (χ1) is 14.6. The number of benzene rings is 2. The maximum Gasteiger partial charge on any atom is 0.317 e. The average molecular weight is 405 g/mol. The Kier molecular flexibility index (Phi) is 7.61. The fraction of sp³-hybridized carbons (Fsp3) is 0.308. The van der Waals surface area contributed by atoms with Crippen LogP contribution in [0.15, 0.2) is 78.6 Å². The van der Waals surface area contributed by atoms with Crippen LogP contribution in [0.2, 0.25) is 0 Å². The Labute approximate surface area is 178 Å². The minimum absolute atomic E-state index is 0.220. The van der Waals surface area contributed by atoms with Crippen molar-refractivity contribution in [2.45, 2.75) is 26.7 Å². The van der Waals surface area contributed by atoms with Crippen LogP contribution in [-0.2, 0) is 20.7 Å². The van der Waals surface area contributed by atoms with E-state index in [1.807, 2.05) is 18.2 Å². The molecule has 0 aromatic heterocycles. The van der Waals surface area contributed by atoms with Crippen molar-refractivity contribution < 1.29 is 19.1 Å². The van der Waals surface area contributed by atoms with E-state index in [1.54, 1.807) is 37.5 Å². The van der Waals surface area contributed by atoms with E-state index in [9.17, 15) is 9.59 Å². The van der Waals surface area contributed by atoms with Crippen LogP contribution in [0, 0.1) is 18.8 Å². The smallest absolute Gasteiger partial charge is 0.317 e. The lowest BCUT2D eigenvalue weighted by Crippen LogP contribution is -2.34. The van der Waals surface area contributed by atoms with Crippen LogP contribution in [0.5, 0.6) is 0 Å². The molecule has 4 heteroatoms. The molecule has 1 aliphatic rings. The highest BCUT2D eigenvalue weighted by Crippen LogP contribution is 2.32. The van der Waals surface area contributed by atoms with E-state index in [0.29, 0.717) is 18.6 Å². The summed E-state index contributed by atoms with van der Waals surface area (Å²) in [6.07, 6.45) is 6.90. The summed E-state index contributed by atoms with van der Waals surface area (Å²) in [6.45, 7) is 4.53. The van der Waals surface area contributed by atoms with Gasteiger partial charge in [-0.25, -0.2) is 0 Å². The van der Waals surface area contributed by atoms with Crippen LogP contribution in [0.1, 0.15) is 34.8 Å². The Hall–Kier alpha value is -3.14. The lowest BCUT2D eigenvalue weighted by Gasteiger charge is -2.27. The average Bonchev–Trinajstić information content (AvgIpc) is 2.78. The van der Waals surface area contributed by atoms with E-state index in [4.69, 9.17) is 9.47 Å². The number of esters is 1. The van der Waals surface area contributed by atoms with E-state index in [-0.39, 0.29) is 18.3 Å². The summed E-state index contributed by atoms with van der Waals surface area (Å²) in [5.74, 6) is -1.96.